The van der Waals surface area contributed by atoms with Gasteiger partial charge in [-0.2, -0.15) is 0 Å². The smallest absolute Gasteiger partial charge is 0.223 e. The van der Waals surface area contributed by atoms with Gasteiger partial charge in [-0.15, -0.1) is 11.3 Å². The summed E-state index contributed by atoms with van der Waals surface area (Å²) in [5.41, 5.74) is 1.51. The van der Waals surface area contributed by atoms with Gasteiger partial charge in [-0.05, 0) is 49.2 Å². The maximum absolute atomic E-state index is 13.9. The molecule has 2 aromatic carbocycles. The van der Waals surface area contributed by atoms with Crippen LogP contribution in [0.4, 0.5) is 4.39 Å². The monoisotopic (exact) mass is 434 g/mol. The third kappa shape index (κ3) is 4.26. The average Bonchev–Trinajstić information content (AvgIpc) is 3.45. The maximum atomic E-state index is 13.9. The van der Waals surface area contributed by atoms with E-state index in [0.717, 1.165) is 31.4 Å². The van der Waals surface area contributed by atoms with Crippen LogP contribution in [0.5, 0.6) is 0 Å². The van der Waals surface area contributed by atoms with E-state index in [0.29, 0.717) is 35.8 Å². The molecule has 5 rings (SSSR count). The zero-order valence-electron chi connectivity index (χ0n) is 17.1. The molecule has 158 valence electrons. The molecule has 4 aromatic rings. The summed E-state index contributed by atoms with van der Waals surface area (Å²) in [6, 6.07) is 18.4. The molecule has 1 fully saturated rings. The highest BCUT2D eigenvalue weighted by atomic mass is 32.1. The van der Waals surface area contributed by atoms with E-state index in [2.05, 4.69) is 12.1 Å². The number of rotatable bonds is 5. The average molecular weight is 435 g/mol. The van der Waals surface area contributed by atoms with Gasteiger partial charge in [0, 0.05) is 31.8 Å². The first-order chi connectivity index (χ1) is 15.2. The van der Waals surface area contributed by atoms with Crippen molar-refractivity contribution in [3.05, 3.63) is 77.2 Å². The van der Waals surface area contributed by atoms with E-state index in [1.54, 1.807) is 35.6 Å². The molecule has 0 bridgehead atoms. The van der Waals surface area contributed by atoms with Gasteiger partial charge in [0.1, 0.15) is 17.3 Å². The molecule has 0 aliphatic carbocycles. The molecule has 0 unspecified atom stereocenters. The summed E-state index contributed by atoms with van der Waals surface area (Å²) in [5, 5.41) is 1.18. The van der Waals surface area contributed by atoms with Crippen LogP contribution in [0.3, 0.4) is 0 Å². The van der Waals surface area contributed by atoms with Crippen molar-refractivity contribution in [2.24, 2.45) is 0 Å². The second kappa shape index (κ2) is 8.63. The Morgan fingerprint density at radius 1 is 1.06 bits per heavy atom. The summed E-state index contributed by atoms with van der Waals surface area (Å²) < 4.78 is 20.9. The molecular formula is C25H23FN2O2S. The number of carbonyl (C=O) groups excluding carboxylic acids is 1. The lowest BCUT2D eigenvalue weighted by Crippen LogP contribution is -2.38. The first-order valence-electron chi connectivity index (χ1n) is 10.6. The van der Waals surface area contributed by atoms with Crippen LogP contribution in [0.25, 0.3) is 21.5 Å². The number of aromatic nitrogens is 1. The number of nitrogens with zero attached hydrogens (tertiary/aromatic N) is 2. The molecule has 0 spiro atoms. The van der Waals surface area contributed by atoms with Crippen LogP contribution in [0, 0.1) is 5.82 Å². The first kappa shape index (κ1) is 19.9. The number of furan rings is 1. The van der Waals surface area contributed by atoms with Crippen molar-refractivity contribution < 1.29 is 13.6 Å². The van der Waals surface area contributed by atoms with Crippen LogP contribution in [-0.2, 0) is 11.2 Å². The number of aryl methyl sites for hydroxylation is 1. The van der Waals surface area contributed by atoms with Crippen molar-refractivity contribution >= 4 is 27.5 Å². The normalized spacial score (nSPS) is 14.9. The Hall–Kier alpha value is -2.99. The van der Waals surface area contributed by atoms with Crippen molar-refractivity contribution in [1.29, 1.82) is 0 Å². The number of halogens is 1. The van der Waals surface area contributed by atoms with Gasteiger partial charge in [0.05, 0.1) is 20.8 Å². The Balaban J connectivity index is 1.15. The fourth-order valence-electron chi connectivity index (χ4n) is 4.15. The van der Waals surface area contributed by atoms with Crippen LogP contribution in [0.2, 0.25) is 0 Å². The fourth-order valence-corrected chi connectivity index (χ4v) is 5.28. The largest absolute Gasteiger partial charge is 0.461 e. The van der Waals surface area contributed by atoms with Gasteiger partial charge in [0.2, 0.25) is 5.91 Å². The second-order valence-corrected chi connectivity index (χ2v) is 8.98. The highest BCUT2D eigenvalue weighted by Crippen LogP contribution is 2.34. The van der Waals surface area contributed by atoms with Crippen molar-refractivity contribution in [1.82, 2.24) is 9.88 Å². The number of carbonyl (C=O) groups is 1. The topological polar surface area (TPSA) is 46.3 Å². The Morgan fingerprint density at radius 2 is 1.84 bits per heavy atom. The van der Waals surface area contributed by atoms with Gasteiger partial charge in [-0.25, -0.2) is 9.37 Å². The van der Waals surface area contributed by atoms with Crippen LogP contribution in [0.15, 0.2) is 65.1 Å². The molecule has 3 heterocycles. The van der Waals surface area contributed by atoms with E-state index in [1.807, 2.05) is 23.1 Å². The molecule has 1 saturated heterocycles. The van der Waals surface area contributed by atoms with Crippen molar-refractivity contribution in [2.45, 2.75) is 31.6 Å². The first-order valence-corrected chi connectivity index (χ1v) is 11.5. The van der Waals surface area contributed by atoms with Gasteiger partial charge in [-0.1, -0.05) is 24.3 Å². The predicted molar refractivity (Wildman–Crippen MR) is 121 cm³/mol. The van der Waals surface area contributed by atoms with Gasteiger partial charge in [-0.3, -0.25) is 4.79 Å². The lowest BCUT2D eigenvalue weighted by atomic mass is 9.97. The van der Waals surface area contributed by atoms with Crippen LogP contribution < -0.4 is 0 Å². The van der Waals surface area contributed by atoms with E-state index < -0.39 is 0 Å². The number of amides is 1. The second-order valence-electron chi connectivity index (χ2n) is 7.92. The van der Waals surface area contributed by atoms with Crippen molar-refractivity contribution in [2.75, 3.05) is 13.1 Å². The Morgan fingerprint density at radius 3 is 2.65 bits per heavy atom. The number of fused-ring (bicyclic) bond motifs is 1. The highest BCUT2D eigenvalue weighted by Gasteiger charge is 2.26. The van der Waals surface area contributed by atoms with E-state index in [4.69, 9.17) is 9.40 Å². The third-order valence-electron chi connectivity index (χ3n) is 5.89. The molecule has 1 aliphatic rings. The SMILES string of the molecule is O=C(CCc1ccc(-c2ccccc2F)o1)N1CCC(c2nc3ccccc3s2)CC1. The number of hydrogen-bond donors (Lipinski definition) is 0. The molecule has 0 N–H and O–H groups in total. The minimum atomic E-state index is -0.310. The molecule has 4 nitrogen and oxygen atoms in total. The minimum absolute atomic E-state index is 0.145. The number of piperidine rings is 1. The predicted octanol–water partition coefficient (Wildman–Crippen LogP) is 6.03. The van der Waals surface area contributed by atoms with Gasteiger partial charge >= 0.3 is 0 Å². The number of benzene rings is 2. The highest BCUT2D eigenvalue weighted by molar-refractivity contribution is 7.18. The molecule has 31 heavy (non-hydrogen) atoms. The molecule has 1 aliphatic heterocycles. The lowest BCUT2D eigenvalue weighted by Gasteiger charge is -2.31. The van der Waals surface area contributed by atoms with Crippen LogP contribution >= 0.6 is 11.3 Å². The lowest BCUT2D eigenvalue weighted by molar-refractivity contribution is -0.132. The van der Waals surface area contributed by atoms with E-state index in [9.17, 15) is 9.18 Å². The third-order valence-corrected chi connectivity index (χ3v) is 7.09. The van der Waals surface area contributed by atoms with Gasteiger partial charge in [0.15, 0.2) is 0 Å². The Kier molecular flexibility index (Phi) is 5.55. The number of likely N-dealkylation sites (tertiary alicyclic amines) is 1. The van der Waals surface area contributed by atoms with Gasteiger partial charge in [0.25, 0.3) is 0 Å². The standard InChI is InChI=1S/C25H23FN2O2S/c26-20-6-2-1-5-19(20)22-11-9-18(30-22)10-12-24(29)28-15-13-17(14-16-28)25-27-21-7-3-4-8-23(21)31-25/h1-9,11,17H,10,12-16H2. The minimum Gasteiger partial charge on any atom is -0.461 e. The summed E-state index contributed by atoms with van der Waals surface area (Å²) in [6.07, 6.45) is 2.81. The zero-order chi connectivity index (χ0) is 21.2. The number of para-hydroxylation sites is 1. The molecule has 6 heteroatoms. The molecular weight excluding hydrogens is 411 g/mol. The zero-order valence-corrected chi connectivity index (χ0v) is 17.9. The number of hydrogen-bond acceptors (Lipinski definition) is 4. The summed E-state index contributed by atoms with van der Waals surface area (Å²) in [6.45, 7) is 1.52. The maximum Gasteiger partial charge on any atom is 0.223 e. The van der Waals surface area contributed by atoms with Crippen molar-refractivity contribution in [3.8, 4) is 11.3 Å². The fraction of sp³-hybridized carbons (Fsp3) is 0.280. The Labute approximate surface area is 184 Å². The summed E-state index contributed by atoms with van der Waals surface area (Å²) in [7, 11) is 0. The molecule has 0 atom stereocenters. The summed E-state index contributed by atoms with van der Waals surface area (Å²) in [4.78, 5) is 19.4. The molecule has 0 saturated carbocycles. The summed E-state index contributed by atoms with van der Waals surface area (Å²) in [5.74, 6) is 1.46. The number of thiazole rings is 1. The van der Waals surface area contributed by atoms with Crippen LogP contribution in [0.1, 0.15) is 35.9 Å². The van der Waals surface area contributed by atoms with Crippen molar-refractivity contribution in [3.63, 3.8) is 0 Å². The Bertz CT molecular complexity index is 1170. The van der Waals surface area contributed by atoms with E-state index in [1.165, 1.54) is 15.8 Å². The van der Waals surface area contributed by atoms with Gasteiger partial charge < -0.3 is 9.32 Å². The van der Waals surface area contributed by atoms with E-state index >= 15 is 0 Å². The molecule has 0 radical (unpaired) electrons. The quantitative estimate of drug-likeness (QED) is 0.385. The summed E-state index contributed by atoms with van der Waals surface area (Å²) >= 11 is 1.77. The van der Waals surface area contributed by atoms with Crippen LogP contribution in [-0.4, -0.2) is 28.9 Å². The van der Waals surface area contributed by atoms with E-state index in [-0.39, 0.29) is 11.7 Å². The molecule has 2 aromatic heterocycles. The molecule has 1 amide bonds.